The zero-order valence-corrected chi connectivity index (χ0v) is 12.5. The lowest BCUT2D eigenvalue weighted by Gasteiger charge is -2.23. The molecule has 5 heteroatoms. The van der Waals surface area contributed by atoms with Gasteiger partial charge < -0.3 is 9.47 Å². The predicted octanol–water partition coefficient (Wildman–Crippen LogP) is 3.78. The van der Waals surface area contributed by atoms with Crippen molar-refractivity contribution in [3.05, 3.63) is 46.2 Å². The van der Waals surface area contributed by atoms with Crippen LogP contribution in [0.4, 0.5) is 0 Å². The maximum absolute atomic E-state index is 12.3. The summed E-state index contributed by atoms with van der Waals surface area (Å²) in [7, 11) is 0. The summed E-state index contributed by atoms with van der Waals surface area (Å²) in [5.74, 6) is 0.343. The topological polar surface area (TPSA) is 48.4 Å². The normalized spacial score (nSPS) is 12.1. The Bertz CT molecular complexity index is 728. The van der Waals surface area contributed by atoms with Crippen molar-refractivity contribution in [3.63, 3.8) is 0 Å². The molecule has 0 bridgehead atoms. The highest BCUT2D eigenvalue weighted by Crippen LogP contribution is 2.41. The molecule has 1 aliphatic heterocycles. The fraction of sp³-hybridized carbons (Fsp3) is 0.250. The number of aryl methyl sites for hydroxylation is 1. The van der Waals surface area contributed by atoms with Crippen LogP contribution < -0.4 is 4.74 Å². The number of halogens is 1. The molecule has 2 aromatic rings. The second-order valence-electron chi connectivity index (χ2n) is 4.77. The van der Waals surface area contributed by atoms with Gasteiger partial charge in [-0.15, -0.1) is 0 Å². The molecule has 0 saturated heterocycles. The van der Waals surface area contributed by atoms with E-state index in [1.165, 1.54) is 0 Å². The molecule has 4 nitrogen and oxygen atoms in total. The molecule has 0 saturated carbocycles. The van der Waals surface area contributed by atoms with Crippen LogP contribution >= 0.6 is 11.6 Å². The fourth-order valence-electron chi connectivity index (χ4n) is 2.49. The van der Waals surface area contributed by atoms with Crippen molar-refractivity contribution in [1.82, 2.24) is 4.98 Å². The van der Waals surface area contributed by atoms with Gasteiger partial charge >= 0.3 is 5.97 Å². The standard InChI is InChI=1S/C16H14ClNO3/c1-3-20-16(19)14-9(2)18-7-10-8-21-13-5-4-11(17)6-12(13)15(10)14/h4-7H,3,8H2,1-2H3. The van der Waals surface area contributed by atoms with E-state index in [0.29, 0.717) is 35.2 Å². The molecule has 0 spiro atoms. The molecule has 1 aromatic carbocycles. The summed E-state index contributed by atoms with van der Waals surface area (Å²) in [6.45, 7) is 4.28. The molecule has 1 aliphatic rings. The minimum atomic E-state index is -0.368. The Morgan fingerprint density at radius 1 is 1.48 bits per heavy atom. The van der Waals surface area contributed by atoms with Crippen LogP contribution in [0.5, 0.6) is 5.75 Å². The largest absolute Gasteiger partial charge is 0.488 e. The van der Waals surface area contributed by atoms with Gasteiger partial charge in [-0.2, -0.15) is 0 Å². The number of fused-ring (bicyclic) bond motifs is 3. The zero-order valence-electron chi connectivity index (χ0n) is 11.8. The molecule has 0 atom stereocenters. The third-order valence-electron chi connectivity index (χ3n) is 3.42. The molecule has 0 unspecified atom stereocenters. The number of nitrogens with zero attached hydrogens (tertiary/aromatic N) is 1. The summed E-state index contributed by atoms with van der Waals surface area (Å²) in [4.78, 5) is 16.6. The number of carbonyl (C=O) groups excluding carboxylic acids is 1. The summed E-state index contributed by atoms with van der Waals surface area (Å²) in [5.41, 5.74) is 3.60. The monoisotopic (exact) mass is 303 g/mol. The highest BCUT2D eigenvalue weighted by atomic mass is 35.5. The van der Waals surface area contributed by atoms with E-state index in [1.54, 1.807) is 32.2 Å². The number of ether oxygens (including phenoxy) is 2. The van der Waals surface area contributed by atoms with E-state index in [1.807, 2.05) is 6.07 Å². The van der Waals surface area contributed by atoms with Crippen LogP contribution in [0.15, 0.2) is 24.4 Å². The van der Waals surface area contributed by atoms with Gasteiger partial charge in [-0.25, -0.2) is 4.79 Å². The number of carbonyl (C=O) groups is 1. The van der Waals surface area contributed by atoms with Gasteiger partial charge in [0.1, 0.15) is 12.4 Å². The summed E-state index contributed by atoms with van der Waals surface area (Å²) in [6.07, 6.45) is 1.73. The first-order chi connectivity index (χ1) is 10.1. The first kappa shape index (κ1) is 13.9. The van der Waals surface area contributed by atoms with Gasteiger partial charge in [-0.3, -0.25) is 4.98 Å². The number of aromatic nitrogens is 1. The van der Waals surface area contributed by atoms with E-state index in [2.05, 4.69) is 4.98 Å². The Balaban J connectivity index is 2.27. The third-order valence-corrected chi connectivity index (χ3v) is 3.66. The van der Waals surface area contributed by atoms with Gasteiger partial charge in [0.05, 0.1) is 17.9 Å². The number of hydrogen-bond acceptors (Lipinski definition) is 4. The number of hydrogen-bond donors (Lipinski definition) is 0. The molecule has 0 fully saturated rings. The molecule has 0 aliphatic carbocycles. The van der Waals surface area contributed by atoms with Crippen LogP contribution in [0.1, 0.15) is 28.5 Å². The number of esters is 1. The summed E-state index contributed by atoms with van der Waals surface area (Å²) in [6, 6.07) is 5.38. The van der Waals surface area contributed by atoms with Gasteiger partial charge in [0.25, 0.3) is 0 Å². The van der Waals surface area contributed by atoms with Gasteiger partial charge in [0.15, 0.2) is 0 Å². The quantitative estimate of drug-likeness (QED) is 0.792. The lowest BCUT2D eigenvalue weighted by atomic mass is 9.92. The van der Waals surface area contributed by atoms with E-state index < -0.39 is 0 Å². The molecule has 3 rings (SSSR count). The maximum Gasteiger partial charge on any atom is 0.340 e. The second-order valence-corrected chi connectivity index (χ2v) is 5.20. The summed E-state index contributed by atoms with van der Waals surface area (Å²) >= 11 is 6.09. The van der Waals surface area contributed by atoms with Gasteiger partial charge in [0, 0.05) is 27.9 Å². The average Bonchev–Trinajstić information content (AvgIpc) is 2.47. The lowest BCUT2D eigenvalue weighted by Crippen LogP contribution is -2.15. The third kappa shape index (κ3) is 2.36. The van der Waals surface area contributed by atoms with Gasteiger partial charge in [-0.1, -0.05) is 11.6 Å². The highest BCUT2D eigenvalue weighted by Gasteiger charge is 2.26. The van der Waals surface area contributed by atoms with Crippen molar-refractivity contribution in [2.45, 2.75) is 20.5 Å². The molecule has 21 heavy (non-hydrogen) atoms. The van der Waals surface area contributed by atoms with E-state index in [9.17, 15) is 4.79 Å². The molecule has 0 amide bonds. The first-order valence-electron chi connectivity index (χ1n) is 6.70. The van der Waals surface area contributed by atoms with Crippen LogP contribution in [-0.4, -0.2) is 17.6 Å². The van der Waals surface area contributed by atoms with Gasteiger partial charge in [0.2, 0.25) is 0 Å². The van der Waals surface area contributed by atoms with Crippen LogP contribution in [0.3, 0.4) is 0 Å². The Kier molecular flexibility index (Phi) is 3.55. The Hall–Kier alpha value is -2.07. The molecule has 0 N–H and O–H groups in total. The fourth-order valence-corrected chi connectivity index (χ4v) is 2.67. The Labute approximate surface area is 127 Å². The van der Waals surface area contributed by atoms with E-state index in [-0.39, 0.29) is 5.97 Å². The zero-order chi connectivity index (χ0) is 15.0. The minimum absolute atomic E-state index is 0.320. The van der Waals surface area contributed by atoms with Crippen molar-refractivity contribution >= 4 is 17.6 Å². The number of rotatable bonds is 2. The number of pyridine rings is 1. The van der Waals surface area contributed by atoms with Crippen molar-refractivity contribution in [2.75, 3.05) is 6.61 Å². The molecule has 2 heterocycles. The van der Waals surface area contributed by atoms with Crippen LogP contribution in [-0.2, 0) is 11.3 Å². The maximum atomic E-state index is 12.3. The second kappa shape index (κ2) is 5.37. The lowest BCUT2D eigenvalue weighted by molar-refractivity contribution is 0.0525. The SMILES string of the molecule is CCOC(=O)c1c(C)ncc2c1-c1cc(Cl)ccc1OC2. The predicted molar refractivity (Wildman–Crippen MR) is 79.7 cm³/mol. The van der Waals surface area contributed by atoms with Crippen molar-refractivity contribution in [1.29, 1.82) is 0 Å². The van der Waals surface area contributed by atoms with Crippen molar-refractivity contribution in [2.24, 2.45) is 0 Å². The summed E-state index contributed by atoms with van der Waals surface area (Å²) in [5, 5.41) is 0.592. The Morgan fingerprint density at radius 3 is 3.05 bits per heavy atom. The first-order valence-corrected chi connectivity index (χ1v) is 7.08. The highest BCUT2D eigenvalue weighted by molar-refractivity contribution is 6.31. The number of benzene rings is 1. The van der Waals surface area contributed by atoms with Gasteiger partial charge in [-0.05, 0) is 32.0 Å². The van der Waals surface area contributed by atoms with Crippen molar-refractivity contribution in [3.8, 4) is 16.9 Å². The molecule has 0 radical (unpaired) electrons. The smallest absolute Gasteiger partial charge is 0.340 e. The summed E-state index contributed by atoms with van der Waals surface area (Å²) < 4.78 is 10.9. The molecule has 108 valence electrons. The van der Waals surface area contributed by atoms with E-state index >= 15 is 0 Å². The molecule has 1 aromatic heterocycles. The molecular weight excluding hydrogens is 290 g/mol. The van der Waals surface area contributed by atoms with Crippen molar-refractivity contribution < 1.29 is 14.3 Å². The van der Waals surface area contributed by atoms with E-state index in [0.717, 1.165) is 16.7 Å². The average molecular weight is 304 g/mol. The molecular formula is C16H14ClNO3. The van der Waals surface area contributed by atoms with E-state index in [4.69, 9.17) is 21.1 Å². The Morgan fingerprint density at radius 2 is 2.29 bits per heavy atom. The van der Waals surface area contributed by atoms with Crippen LogP contribution in [0.25, 0.3) is 11.1 Å². The van der Waals surface area contributed by atoms with Crippen LogP contribution in [0, 0.1) is 6.92 Å². The minimum Gasteiger partial charge on any atom is -0.488 e. The van der Waals surface area contributed by atoms with Crippen LogP contribution in [0.2, 0.25) is 5.02 Å².